The van der Waals surface area contributed by atoms with Gasteiger partial charge in [-0.3, -0.25) is 9.20 Å². The quantitative estimate of drug-likeness (QED) is 0.607. The minimum Gasteiger partial charge on any atom is -0.352 e. The van der Waals surface area contributed by atoms with E-state index < -0.39 is 15.9 Å². The molecule has 0 saturated heterocycles. The molecule has 0 aliphatic heterocycles. The summed E-state index contributed by atoms with van der Waals surface area (Å²) in [5.41, 5.74) is 0.821. The van der Waals surface area contributed by atoms with Gasteiger partial charge in [-0.1, -0.05) is 17.7 Å². The van der Waals surface area contributed by atoms with E-state index in [1.165, 1.54) is 18.2 Å². The molecule has 0 aliphatic rings. The normalized spacial score (nSPS) is 11.9. The van der Waals surface area contributed by atoms with Crippen LogP contribution in [0.2, 0.25) is 5.02 Å². The standard InChI is InChI=1S/C18H20ClN5O3S/c1-12(2)23-28(26,27)13-6-7-15(19)14(11-13)18(25)20-9-8-17-22-21-16-5-3-4-10-24(16)17/h3-7,10-12,23H,8-9H2,1-2H3,(H,20,25). The fourth-order valence-corrected chi connectivity index (χ4v) is 4.15. The van der Waals surface area contributed by atoms with Crippen LogP contribution < -0.4 is 10.0 Å². The lowest BCUT2D eigenvalue weighted by Crippen LogP contribution is -2.31. The molecule has 3 aromatic rings. The van der Waals surface area contributed by atoms with Crippen molar-refractivity contribution in [3.63, 3.8) is 0 Å². The number of sulfonamides is 1. The van der Waals surface area contributed by atoms with Crippen molar-refractivity contribution < 1.29 is 13.2 Å². The number of amides is 1. The molecule has 0 radical (unpaired) electrons. The van der Waals surface area contributed by atoms with Gasteiger partial charge in [-0.2, -0.15) is 0 Å². The van der Waals surface area contributed by atoms with Crippen LogP contribution in [0.3, 0.4) is 0 Å². The molecule has 10 heteroatoms. The molecule has 2 aromatic heterocycles. The lowest BCUT2D eigenvalue weighted by Gasteiger charge is -2.12. The van der Waals surface area contributed by atoms with Crippen molar-refractivity contribution in [2.24, 2.45) is 0 Å². The van der Waals surface area contributed by atoms with Gasteiger partial charge in [0.05, 0.1) is 15.5 Å². The highest BCUT2D eigenvalue weighted by Crippen LogP contribution is 2.20. The molecule has 0 spiro atoms. The molecule has 28 heavy (non-hydrogen) atoms. The maximum absolute atomic E-state index is 12.5. The fraction of sp³-hybridized carbons (Fsp3) is 0.278. The van der Waals surface area contributed by atoms with Crippen LogP contribution >= 0.6 is 11.6 Å². The number of aromatic nitrogens is 3. The molecule has 0 fully saturated rings. The first-order valence-electron chi connectivity index (χ1n) is 8.66. The summed E-state index contributed by atoms with van der Waals surface area (Å²) < 4.78 is 29.0. The van der Waals surface area contributed by atoms with Gasteiger partial charge in [-0.05, 0) is 44.2 Å². The summed E-state index contributed by atoms with van der Waals surface area (Å²) in [6, 6.07) is 9.35. The first-order chi connectivity index (χ1) is 13.3. The third kappa shape index (κ3) is 4.49. The maximum atomic E-state index is 12.5. The number of rotatable bonds is 7. The molecular weight excluding hydrogens is 402 g/mol. The van der Waals surface area contributed by atoms with Crippen LogP contribution in [-0.2, 0) is 16.4 Å². The Morgan fingerprint density at radius 3 is 2.75 bits per heavy atom. The second kappa shape index (κ2) is 8.26. The Labute approximate surface area is 168 Å². The van der Waals surface area contributed by atoms with Gasteiger partial charge >= 0.3 is 0 Å². The average molecular weight is 422 g/mol. The SMILES string of the molecule is CC(C)NS(=O)(=O)c1ccc(Cl)c(C(=O)NCCc2nnc3ccccn23)c1. The molecule has 148 valence electrons. The number of fused-ring (bicyclic) bond motifs is 1. The smallest absolute Gasteiger partial charge is 0.252 e. The van der Waals surface area contributed by atoms with Gasteiger partial charge in [0.25, 0.3) is 5.91 Å². The summed E-state index contributed by atoms with van der Waals surface area (Å²) in [4.78, 5) is 12.5. The molecule has 3 rings (SSSR count). The van der Waals surface area contributed by atoms with Crippen molar-refractivity contribution in [3.05, 3.63) is 59.0 Å². The summed E-state index contributed by atoms with van der Waals surface area (Å²) in [5.74, 6) is 0.250. The minimum atomic E-state index is -3.72. The van der Waals surface area contributed by atoms with E-state index in [2.05, 4.69) is 20.2 Å². The van der Waals surface area contributed by atoms with Gasteiger partial charge in [0.15, 0.2) is 5.65 Å². The van der Waals surface area contributed by atoms with E-state index in [0.717, 1.165) is 5.65 Å². The third-order valence-corrected chi connectivity index (χ3v) is 5.89. The number of carbonyl (C=O) groups excluding carboxylic acids is 1. The summed E-state index contributed by atoms with van der Waals surface area (Å²) >= 11 is 6.10. The number of nitrogens with zero attached hydrogens (tertiary/aromatic N) is 3. The Bertz CT molecular complexity index is 1110. The first-order valence-corrected chi connectivity index (χ1v) is 10.5. The van der Waals surface area contributed by atoms with Crippen LogP contribution in [0.5, 0.6) is 0 Å². The molecule has 0 saturated carbocycles. The van der Waals surface area contributed by atoms with Crippen molar-refractivity contribution in [2.45, 2.75) is 31.2 Å². The lowest BCUT2D eigenvalue weighted by atomic mass is 10.2. The first kappa shape index (κ1) is 20.2. The molecule has 0 bridgehead atoms. The van der Waals surface area contributed by atoms with Crippen molar-refractivity contribution in [2.75, 3.05) is 6.54 Å². The number of benzene rings is 1. The van der Waals surface area contributed by atoms with Crippen LogP contribution in [0.1, 0.15) is 30.0 Å². The van der Waals surface area contributed by atoms with E-state index in [4.69, 9.17) is 11.6 Å². The number of pyridine rings is 1. The predicted octanol–water partition coefficient (Wildman–Crippen LogP) is 2.04. The Hall–Kier alpha value is -2.49. The van der Waals surface area contributed by atoms with Gasteiger partial charge in [-0.15, -0.1) is 10.2 Å². The van der Waals surface area contributed by atoms with Crippen LogP contribution in [0.25, 0.3) is 5.65 Å². The summed E-state index contributed by atoms with van der Waals surface area (Å²) in [6.45, 7) is 3.73. The van der Waals surface area contributed by atoms with Gasteiger partial charge in [0.1, 0.15) is 5.82 Å². The molecular formula is C18H20ClN5O3S. The van der Waals surface area contributed by atoms with Gasteiger partial charge in [-0.25, -0.2) is 13.1 Å². The second-order valence-corrected chi connectivity index (χ2v) is 8.59. The van der Waals surface area contributed by atoms with E-state index >= 15 is 0 Å². The van der Waals surface area contributed by atoms with Gasteiger partial charge in [0, 0.05) is 25.2 Å². The summed E-state index contributed by atoms with van der Waals surface area (Å²) in [7, 11) is -3.72. The molecule has 0 unspecified atom stereocenters. The van der Waals surface area contributed by atoms with E-state index in [0.29, 0.717) is 18.8 Å². The van der Waals surface area contributed by atoms with Crippen molar-refractivity contribution in [1.29, 1.82) is 0 Å². The largest absolute Gasteiger partial charge is 0.352 e. The zero-order valence-electron chi connectivity index (χ0n) is 15.4. The van der Waals surface area contributed by atoms with Crippen LogP contribution in [0.15, 0.2) is 47.5 Å². The Kier molecular flexibility index (Phi) is 5.97. The number of halogens is 1. The third-order valence-electron chi connectivity index (χ3n) is 3.90. The van der Waals surface area contributed by atoms with Crippen LogP contribution in [0.4, 0.5) is 0 Å². The number of hydrogen-bond acceptors (Lipinski definition) is 5. The highest BCUT2D eigenvalue weighted by Gasteiger charge is 2.19. The lowest BCUT2D eigenvalue weighted by molar-refractivity contribution is 0.0954. The fourth-order valence-electron chi connectivity index (χ4n) is 2.67. The molecule has 1 aromatic carbocycles. The van der Waals surface area contributed by atoms with E-state index in [1.807, 2.05) is 28.8 Å². The van der Waals surface area contributed by atoms with Crippen molar-refractivity contribution >= 4 is 33.2 Å². The molecule has 2 heterocycles. The molecule has 0 aliphatic carbocycles. The topological polar surface area (TPSA) is 105 Å². The molecule has 2 N–H and O–H groups in total. The van der Waals surface area contributed by atoms with E-state index in [-0.39, 0.29) is 21.5 Å². The molecule has 1 amide bonds. The number of nitrogens with one attached hydrogen (secondary N) is 2. The Balaban J connectivity index is 1.71. The summed E-state index contributed by atoms with van der Waals surface area (Å²) in [5, 5.41) is 11.1. The van der Waals surface area contributed by atoms with Crippen molar-refractivity contribution in [1.82, 2.24) is 24.6 Å². The highest BCUT2D eigenvalue weighted by molar-refractivity contribution is 7.89. The maximum Gasteiger partial charge on any atom is 0.252 e. The zero-order chi connectivity index (χ0) is 20.3. The van der Waals surface area contributed by atoms with Crippen LogP contribution in [0, 0.1) is 0 Å². The average Bonchev–Trinajstić information content (AvgIpc) is 3.04. The Morgan fingerprint density at radius 1 is 1.21 bits per heavy atom. The molecule has 8 nitrogen and oxygen atoms in total. The predicted molar refractivity (Wildman–Crippen MR) is 106 cm³/mol. The second-order valence-electron chi connectivity index (χ2n) is 6.47. The van der Waals surface area contributed by atoms with Gasteiger partial charge < -0.3 is 5.32 Å². The van der Waals surface area contributed by atoms with E-state index in [1.54, 1.807) is 13.8 Å². The minimum absolute atomic E-state index is 0.0146. The van der Waals surface area contributed by atoms with Crippen LogP contribution in [-0.4, -0.2) is 41.5 Å². The number of carbonyl (C=O) groups is 1. The zero-order valence-corrected chi connectivity index (χ0v) is 17.0. The molecule has 0 atom stereocenters. The number of hydrogen-bond donors (Lipinski definition) is 2. The van der Waals surface area contributed by atoms with Gasteiger partial charge in [0.2, 0.25) is 10.0 Å². The highest BCUT2D eigenvalue weighted by atomic mass is 35.5. The summed E-state index contributed by atoms with van der Waals surface area (Å²) in [6.07, 6.45) is 2.31. The Morgan fingerprint density at radius 2 is 2.00 bits per heavy atom. The van der Waals surface area contributed by atoms with E-state index in [9.17, 15) is 13.2 Å². The van der Waals surface area contributed by atoms with Crippen molar-refractivity contribution in [3.8, 4) is 0 Å². The monoisotopic (exact) mass is 421 g/mol.